The van der Waals surface area contributed by atoms with Gasteiger partial charge in [0.05, 0.1) is 5.56 Å². The first-order chi connectivity index (χ1) is 9.18. The van der Waals surface area contributed by atoms with Gasteiger partial charge in [0.1, 0.15) is 0 Å². The maximum Gasteiger partial charge on any atom is 0.256 e. The van der Waals surface area contributed by atoms with Crippen LogP contribution in [0.4, 0.5) is 0 Å². The predicted molar refractivity (Wildman–Crippen MR) is 76.5 cm³/mol. The van der Waals surface area contributed by atoms with Crippen LogP contribution in [0.25, 0.3) is 10.9 Å². The summed E-state index contributed by atoms with van der Waals surface area (Å²) in [5.41, 5.74) is 4.34. The number of amides is 1. The summed E-state index contributed by atoms with van der Waals surface area (Å²) in [7, 11) is 0. The van der Waals surface area contributed by atoms with Gasteiger partial charge in [0.15, 0.2) is 0 Å². The Labute approximate surface area is 112 Å². The van der Waals surface area contributed by atoms with Crippen molar-refractivity contribution >= 4 is 16.8 Å². The molecular weight excluding hydrogens is 238 g/mol. The second-order valence-electron chi connectivity index (χ2n) is 5.17. The number of nitrogens with one attached hydrogen (secondary N) is 2. The zero-order chi connectivity index (χ0) is 13.4. The van der Waals surface area contributed by atoms with Crippen LogP contribution in [0.5, 0.6) is 0 Å². The number of hydrogen-bond donors (Lipinski definition) is 2. The van der Waals surface area contributed by atoms with Gasteiger partial charge in [-0.1, -0.05) is 12.1 Å². The summed E-state index contributed by atoms with van der Waals surface area (Å²) < 4.78 is 0. The minimum atomic E-state index is 0.135. The Hall–Kier alpha value is -1.81. The van der Waals surface area contributed by atoms with E-state index in [2.05, 4.69) is 30.2 Å². The van der Waals surface area contributed by atoms with Crippen molar-refractivity contribution < 1.29 is 4.79 Å². The zero-order valence-corrected chi connectivity index (χ0v) is 11.4. The molecule has 1 aliphatic rings. The van der Waals surface area contributed by atoms with Gasteiger partial charge in [0.2, 0.25) is 0 Å². The van der Waals surface area contributed by atoms with E-state index >= 15 is 0 Å². The van der Waals surface area contributed by atoms with Crippen LogP contribution in [-0.4, -0.2) is 42.0 Å². The molecule has 0 spiro atoms. The second-order valence-corrected chi connectivity index (χ2v) is 5.17. The number of fused-ring (bicyclic) bond motifs is 1. The molecule has 1 aromatic heterocycles. The molecule has 0 bridgehead atoms. The fourth-order valence-corrected chi connectivity index (χ4v) is 2.66. The number of rotatable bonds is 1. The third-order valence-electron chi connectivity index (χ3n) is 4.02. The lowest BCUT2D eigenvalue weighted by molar-refractivity contribution is 0.0738. The first-order valence-electron chi connectivity index (χ1n) is 6.76. The summed E-state index contributed by atoms with van der Waals surface area (Å²) >= 11 is 0. The van der Waals surface area contributed by atoms with E-state index < -0.39 is 0 Å². The topological polar surface area (TPSA) is 48.1 Å². The molecule has 0 saturated carbocycles. The summed E-state index contributed by atoms with van der Waals surface area (Å²) in [5, 5.41) is 4.30. The number of benzene rings is 1. The van der Waals surface area contributed by atoms with Crippen LogP contribution in [0.3, 0.4) is 0 Å². The molecule has 4 heteroatoms. The maximum absolute atomic E-state index is 12.5. The van der Waals surface area contributed by atoms with E-state index in [1.807, 2.05) is 17.2 Å². The number of carbonyl (C=O) groups excluding carboxylic acids is 1. The number of hydrogen-bond acceptors (Lipinski definition) is 2. The minimum Gasteiger partial charge on any atom is -0.360 e. The van der Waals surface area contributed by atoms with Crippen molar-refractivity contribution in [2.45, 2.75) is 13.8 Å². The van der Waals surface area contributed by atoms with E-state index in [9.17, 15) is 4.79 Å². The number of carbonyl (C=O) groups is 1. The Bertz CT molecular complexity index is 624. The van der Waals surface area contributed by atoms with Crippen molar-refractivity contribution in [3.8, 4) is 0 Å². The van der Waals surface area contributed by atoms with Crippen LogP contribution in [-0.2, 0) is 0 Å². The lowest BCUT2D eigenvalue weighted by atomic mass is 10.0. The Balaban J connectivity index is 2.01. The molecule has 1 aliphatic heterocycles. The Morgan fingerprint density at radius 3 is 2.68 bits per heavy atom. The molecule has 0 atom stereocenters. The highest BCUT2D eigenvalue weighted by Gasteiger charge is 2.21. The molecule has 1 amide bonds. The van der Waals surface area contributed by atoms with Crippen LogP contribution >= 0.6 is 0 Å². The monoisotopic (exact) mass is 257 g/mol. The van der Waals surface area contributed by atoms with Crippen LogP contribution in [0.15, 0.2) is 18.3 Å². The molecular formula is C15H19N3O. The molecule has 2 heterocycles. The normalized spacial score (nSPS) is 16.0. The highest BCUT2D eigenvalue weighted by atomic mass is 16.2. The van der Waals surface area contributed by atoms with Gasteiger partial charge in [-0.2, -0.15) is 0 Å². The van der Waals surface area contributed by atoms with Crippen molar-refractivity contribution in [1.82, 2.24) is 15.2 Å². The van der Waals surface area contributed by atoms with Crippen molar-refractivity contribution in [3.05, 3.63) is 35.0 Å². The molecule has 100 valence electrons. The molecule has 2 aromatic rings. The standard InChI is InChI=1S/C15H19N3O/c1-10-3-4-12-13(9-17-14(12)11(10)2)15(19)18-7-5-16-6-8-18/h3-4,9,16-17H,5-8H2,1-2H3. The minimum absolute atomic E-state index is 0.135. The predicted octanol–water partition coefficient (Wildman–Crippen LogP) is 1.83. The highest BCUT2D eigenvalue weighted by Crippen LogP contribution is 2.24. The van der Waals surface area contributed by atoms with E-state index in [-0.39, 0.29) is 5.91 Å². The number of nitrogens with zero attached hydrogens (tertiary/aromatic N) is 1. The average Bonchev–Trinajstić information content (AvgIpc) is 2.87. The van der Waals surface area contributed by atoms with Crippen molar-refractivity contribution in [3.63, 3.8) is 0 Å². The number of piperazine rings is 1. The lowest BCUT2D eigenvalue weighted by Gasteiger charge is -2.27. The molecule has 1 aromatic carbocycles. The van der Waals surface area contributed by atoms with Crippen LogP contribution < -0.4 is 5.32 Å². The quantitative estimate of drug-likeness (QED) is 0.819. The van der Waals surface area contributed by atoms with Gasteiger partial charge in [-0.25, -0.2) is 0 Å². The fourth-order valence-electron chi connectivity index (χ4n) is 2.66. The summed E-state index contributed by atoms with van der Waals surface area (Å²) in [6, 6.07) is 4.13. The molecule has 0 radical (unpaired) electrons. The van der Waals surface area contributed by atoms with E-state index in [4.69, 9.17) is 0 Å². The maximum atomic E-state index is 12.5. The van der Waals surface area contributed by atoms with Crippen molar-refractivity contribution in [1.29, 1.82) is 0 Å². The van der Waals surface area contributed by atoms with Crippen LogP contribution in [0, 0.1) is 13.8 Å². The van der Waals surface area contributed by atoms with E-state index in [0.29, 0.717) is 0 Å². The fraction of sp³-hybridized carbons (Fsp3) is 0.400. The third kappa shape index (κ3) is 2.02. The zero-order valence-electron chi connectivity index (χ0n) is 11.4. The van der Waals surface area contributed by atoms with E-state index in [1.165, 1.54) is 11.1 Å². The molecule has 3 rings (SSSR count). The number of aromatic amines is 1. The van der Waals surface area contributed by atoms with E-state index in [1.54, 1.807) is 0 Å². The van der Waals surface area contributed by atoms with Crippen LogP contribution in [0.2, 0.25) is 0 Å². The molecule has 1 fully saturated rings. The Morgan fingerprint density at radius 2 is 1.95 bits per heavy atom. The highest BCUT2D eigenvalue weighted by molar-refractivity contribution is 6.07. The van der Waals surface area contributed by atoms with Gasteiger partial charge in [-0.15, -0.1) is 0 Å². The van der Waals surface area contributed by atoms with Crippen molar-refractivity contribution in [2.24, 2.45) is 0 Å². The van der Waals surface area contributed by atoms with Crippen LogP contribution in [0.1, 0.15) is 21.5 Å². The SMILES string of the molecule is Cc1ccc2c(C(=O)N3CCNCC3)c[nH]c2c1C. The third-order valence-corrected chi connectivity index (χ3v) is 4.02. The van der Waals surface area contributed by atoms with Crippen molar-refractivity contribution in [2.75, 3.05) is 26.2 Å². The number of H-pyrrole nitrogens is 1. The average molecular weight is 257 g/mol. The molecule has 0 aliphatic carbocycles. The van der Waals surface area contributed by atoms with Gasteiger partial charge < -0.3 is 15.2 Å². The molecule has 2 N–H and O–H groups in total. The van der Waals surface area contributed by atoms with E-state index in [0.717, 1.165) is 42.6 Å². The Morgan fingerprint density at radius 1 is 1.21 bits per heavy atom. The summed E-state index contributed by atoms with van der Waals surface area (Å²) in [6.45, 7) is 7.52. The largest absolute Gasteiger partial charge is 0.360 e. The first-order valence-corrected chi connectivity index (χ1v) is 6.76. The molecule has 1 saturated heterocycles. The van der Waals surface area contributed by atoms with Gasteiger partial charge in [-0.05, 0) is 25.0 Å². The second kappa shape index (κ2) is 4.70. The van der Waals surface area contributed by atoms with Gasteiger partial charge >= 0.3 is 0 Å². The van der Waals surface area contributed by atoms with Gasteiger partial charge in [-0.3, -0.25) is 4.79 Å². The molecule has 0 unspecified atom stereocenters. The lowest BCUT2D eigenvalue weighted by Crippen LogP contribution is -2.46. The molecule has 4 nitrogen and oxygen atoms in total. The summed E-state index contributed by atoms with van der Waals surface area (Å²) in [6.07, 6.45) is 1.85. The summed E-state index contributed by atoms with van der Waals surface area (Å²) in [5.74, 6) is 0.135. The number of aromatic nitrogens is 1. The first kappa shape index (κ1) is 12.2. The number of aryl methyl sites for hydroxylation is 2. The smallest absolute Gasteiger partial charge is 0.256 e. The van der Waals surface area contributed by atoms with Gasteiger partial charge in [0, 0.05) is 43.3 Å². The Kier molecular flexibility index (Phi) is 3.03. The summed E-state index contributed by atoms with van der Waals surface area (Å²) in [4.78, 5) is 17.7. The molecule has 19 heavy (non-hydrogen) atoms. The van der Waals surface area contributed by atoms with Gasteiger partial charge in [0.25, 0.3) is 5.91 Å².